The summed E-state index contributed by atoms with van der Waals surface area (Å²) >= 11 is 0. The number of hydrogen-bond acceptors (Lipinski definition) is 5. The average Bonchev–Trinajstić information content (AvgIpc) is 2.37. The zero-order valence-corrected chi connectivity index (χ0v) is 14.1. The second-order valence-electron chi connectivity index (χ2n) is 6.38. The normalized spacial score (nSPS) is 13.3. The first-order chi connectivity index (χ1) is 9.72. The lowest BCUT2D eigenvalue weighted by atomic mass is 9.88. The van der Waals surface area contributed by atoms with Crippen LogP contribution in [-0.2, 0) is 9.47 Å². The fourth-order valence-corrected chi connectivity index (χ4v) is 2.19. The van der Waals surface area contributed by atoms with Gasteiger partial charge in [-0.25, -0.2) is 14.8 Å². The van der Waals surface area contributed by atoms with Gasteiger partial charge in [-0.1, -0.05) is 34.6 Å². The van der Waals surface area contributed by atoms with Gasteiger partial charge in [-0.05, 0) is 18.3 Å². The maximum absolute atomic E-state index is 12.0. The van der Waals surface area contributed by atoms with Crippen LogP contribution in [0.25, 0.3) is 0 Å². The summed E-state index contributed by atoms with van der Waals surface area (Å²) in [6.07, 6.45) is 1.32. The summed E-state index contributed by atoms with van der Waals surface area (Å²) in [4.78, 5) is 20.9. The van der Waals surface area contributed by atoms with Gasteiger partial charge in [-0.3, -0.25) is 0 Å². The summed E-state index contributed by atoms with van der Waals surface area (Å²) in [6.45, 7) is 12.3. The molecule has 0 aromatic carbocycles. The van der Waals surface area contributed by atoms with Crippen LogP contribution >= 0.6 is 0 Å². The maximum atomic E-state index is 12.0. The van der Waals surface area contributed by atoms with Gasteiger partial charge in [0.2, 0.25) is 0 Å². The topological polar surface area (TPSA) is 61.3 Å². The number of carbonyl (C=O) groups excluding carboxylic acids is 1. The van der Waals surface area contributed by atoms with Gasteiger partial charge in [0, 0.05) is 13.3 Å². The first kappa shape index (κ1) is 17.6. The third-order valence-corrected chi connectivity index (χ3v) is 3.14. The highest BCUT2D eigenvalue weighted by atomic mass is 16.5. The fourth-order valence-electron chi connectivity index (χ4n) is 2.19. The number of carbonyl (C=O) groups is 1. The second-order valence-corrected chi connectivity index (χ2v) is 6.38. The molecule has 0 N–H and O–H groups in total. The molecule has 0 saturated carbocycles. The molecule has 0 amide bonds. The number of methoxy groups -OCH3 is 1. The van der Waals surface area contributed by atoms with Crippen molar-refractivity contribution in [3.8, 4) is 0 Å². The number of rotatable bonds is 5. The van der Waals surface area contributed by atoms with Crippen LogP contribution in [0.15, 0.2) is 6.20 Å². The monoisotopic (exact) mass is 294 g/mol. The van der Waals surface area contributed by atoms with E-state index in [1.807, 2.05) is 13.8 Å². The molecule has 1 aromatic rings. The summed E-state index contributed by atoms with van der Waals surface area (Å²) < 4.78 is 10.6. The first-order valence-electron chi connectivity index (χ1n) is 7.29. The average molecular weight is 294 g/mol. The van der Waals surface area contributed by atoms with E-state index < -0.39 is 0 Å². The van der Waals surface area contributed by atoms with Gasteiger partial charge in [0.05, 0.1) is 17.9 Å². The van der Waals surface area contributed by atoms with Gasteiger partial charge in [0.1, 0.15) is 6.10 Å². The second kappa shape index (κ2) is 6.98. The molecule has 0 aliphatic heterocycles. The van der Waals surface area contributed by atoms with E-state index in [-0.39, 0.29) is 23.4 Å². The minimum atomic E-state index is -0.377. The van der Waals surface area contributed by atoms with Crippen LogP contribution in [-0.4, -0.2) is 29.7 Å². The van der Waals surface area contributed by atoms with Crippen LogP contribution in [0.5, 0.6) is 0 Å². The Balaban J connectivity index is 3.29. The molecule has 0 aliphatic carbocycles. The van der Waals surface area contributed by atoms with Crippen LogP contribution in [0.4, 0.5) is 0 Å². The van der Waals surface area contributed by atoms with Crippen LogP contribution < -0.4 is 0 Å². The third kappa shape index (κ3) is 4.24. The summed E-state index contributed by atoms with van der Waals surface area (Å²) in [5, 5.41) is 0. The van der Waals surface area contributed by atoms with Crippen molar-refractivity contribution in [1.82, 2.24) is 9.97 Å². The molecule has 0 spiro atoms. The Bertz CT molecular complexity index is 493. The Kier molecular flexibility index (Phi) is 5.84. The summed E-state index contributed by atoms with van der Waals surface area (Å²) in [5.41, 5.74) is 0.998. The number of aromatic nitrogens is 2. The van der Waals surface area contributed by atoms with E-state index in [0.717, 1.165) is 0 Å². The molecule has 1 aromatic heterocycles. The molecule has 0 saturated heterocycles. The SMILES string of the molecule is CCOC(=O)c1cnc(C(OC)C(C)(C)C)nc1C(C)C. The molecule has 1 rings (SSSR count). The quantitative estimate of drug-likeness (QED) is 0.778. The molecule has 5 heteroatoms. The lowest BCUT2D eigenvalue weighted by molar-refractivity contribution is 0.00837. The van der Waals surface area contributed by atoms with Crippen molar-refractivity contribution in [2.45, 2.75) is 53.6 Å². The van der Waals surface area contributed by atoms with Crippen LogP contribution in [0, 0.1) is 5.41 Å². The molecule has 0 radical (unpaired) electrons. The number of hydrogen-bond donors (Lipinski definition) is 0. The summed E-state index contributed by atoms with van der Waals surface area (Å²) in [5.74, 6) is 0.322. The third-order valence-electron chi connectivity index (χ3n) is 3.14. The Morgan fingerprint density at radius 3 is 2.38 bits per heavy atom. The van der Waals surface area contributed by atoms with Crippen molar-refractivity contribution in [2.24, 2.45) is 5.41 Å². The maximum Gasteiger partial charge on any atom is 0.341 e. The molecule has 1 atom stereocenters. The number of ether oxygens (including phenoxy) is 2. The van der Waals surface area contributed by atoms with Crippen molar-refractivity contribution in [3.05, 3.63) is 23.3 Å². The van der Waals surface area contributed by atoms with E-state index in [1.54, 1.807) is 20.2 Å². The first-order valence-corrected chi connectivity index (χ1v) is 7.29. The minimum absolute atomic E-state index is 0.101. The van der Waals surface area contributed by atoms with Gasteiger partial charge < -0.3 is 9.47 Å². The minimum Gasteiger partial charge on any atom is -0.462 e. The van der Waals surface area contributed by atoms with Crippen LogP contribution in [0.2, 0.25) is 0 Å². The highest BCUT2D eigenvalue weighted by Gasteiger charge is 2.30. The van der Waals surface area contributed by atoms with Crippen LogP contribution in [0.1, 0.15) is 75.4 Å². The lowest BCUT2D eigenvalue weighted by Crippen LogP contribution is -2.24. The standard InChI is InChI=1S/C16H26N2O3/c1-8-21-15(19)11-9-17-14(18-12(11)10(2)3)13(20-7)16(4,5)6/h9-10,13H,8H2,1-7H3. The molecule has 118 valence electrons. The summed E-state index contributed by atoms with van der Waals surface area (Å²) in [7, 11) is 1.65. The Hall–Kier alpha value is -1.49. The molecule has 0 bridgehead atoms. The molecule has 1 unspecified atom stereocenters. The van der Waals surface area contributed by atoms with Crippen molar-refractivity contribution >= 4 is 5.97 Å². The molecular formula is C16H26N2O3. The molecule has 1 heterocycles. The van der Waals surface area contributed by atoms with Crippen molar-refractivity contribution < 1.29 is 14.3 Å². The van der Waals surface area contributed by atoms with E-state index in [4.69, 9.17) is 9.47 Å². The van der Waals surface area contributed by atoms with Gasteiger partial charge in [-0.15, -0.1) is 0 Å². The highest BCUT2D eigenvalue weighted by molar-refractivity contribution is 5.90. The van der Waals surface area contributed by atoms with E-state index >= 15 is 0 Å². The predicted molar refractivity (Wildman–Crippen MR) is 81.3 cm³/mol. The Labute approximate surface area is 127 Å². The summed E-state index contributed by atoms with van der Waals surface area (Å²) in [6, 6.07) is 0. The predicted octanol–water partition coefficient (Wildman–Crippen LogP) is 3.51. The van der Waals surface area contributed by atoms with Crippen molar-refractivity contribution in [2.75, 3.05) is 13.7 Å². The smallest absolute Gasteiger partial charge is 0.341 e. The van der Waals surface area contributed by atoms with Gasteiger partial charge in [0.25, 0.3) is 0 Å². The van der Waals surface area contributed by atoms with E-state index in [0.29, 0.717) is 23.7 Å². The van der Waals surface area contributed by atoms with Crippen molar-refractivity contribution in [1.29, 1.82) is 0 Å². The van der Waals surface area contributed by atoms with Crippen LogP contribution in [0.3, 0.4) is 0 Å². The molecule has 0 fully saturated rings. The van der Waals surface area contributed by atoms with Crippen molar-refractivity contribution in [3.63, 3.8) is 0 Å². The molecular weight excluding hydrogens is 268 g/mol. The highest BCUT2D eigenvalue weighted by Crippen LogP contribution is 2.34. The zero-order chi connectivity index (χ0) is 16.2. The van der Waals surface area contributed by atoms with Gasteiger partial charge >= 0.3 is 5.97 Å². The van der Waals surface area contributed by atoms with Gasteiger partial charge in [0.15, 0.2) is 5.82 Å². The number of nitrogens with zero attached hydrogens (tertiary/aromatic N) is 2. The Morgan fingerprint density at radius 1 is 1.33 bits per heavy atom. The van der Waals surface area contributed by atoms with Gasteiger partial charge in [-0.2, -0.15) is 0 Å². The zero-order valence-electron chi connectivity index (χ0n) is 14.1. The molecule has 0 aliphatic rings. The lowest BCUT2D eigenvalue weighted by Gasteiger charge is -2.28. The molecule has 5 nitrogen and oxygen atoms in total. The fraction of sp³-hybridized carbons (Fsp3) is 0.688. The largest absolute Gasteiger partial charge is 0.462 e. The number of esters is 1. The Morgan fingerprint density at radius 2 is 1.95 bits per heavy atom. The molecule has 21 heavy (non-hydrogen) atoms. The van der Waals surface area contributed by atoms with E-state index in [1.165, 1.54) is 0 Å². The van der Waals surface area contributed by atoms with E-state index in [9.17, 15) is 4.79 Å². The van der Waals surface area contributed by atoms with E-state index in [2.05, 4.69) is 30.7 Å².